The number of rotatable bonds is 3. The van der Waals surface area contributed by atoms with Crippen molar-refractivity contribution in [3.05, 3.63) is 12.2 Å². The lowest BCUT2D eigenvalue weighted by Gasteiger charge is -2.23. The van der Waals surface area contributed by atoms with Gasteiger partial charge in [0.25, 0.3) is 0 Å². The molecule has 0 saturated carbocycles. The highest BCUT2D eigenvalue weighted by atomic mass is 36.0. The third-order valence-electron chi connectivity index (χ3n) is 1.38. The van der Waals surface area contributed by atoms with Crippen LogP contribution in [0.3, 0.4) is 0 Å². The first kappa shape index (κ1) is 10.7. The van der Waals surface area contributed by atoms with E-state index in [-0.39, 0.29) is 0 Å². The standard InChI is InChI=1S/C7H14Cl2S/c1-6(2)7(3)5-10(4,8)9/h7H,1,5H2,2-4H3. The monoisotopic (exact) mass is 200 g/mol. The van der Waals surface area contributed by atoms with Crippen molar-refractivity contribution in [1.29, 1.82) is 0 Å². The van der Waals surface area contributed by atoms with Crippen molar-refractivity contribution in [1.82, 2.24) is 0 Å². The van der Waals surface area contributed by atoms with Gasteiger partial charge < -0.3 is 0 Å². The summed E-state index contributed by atoms with van der Waals surface area (Å²) in [5.74, 6) is 1.29. The normalized spacial score (nSPS) is 16.5. The molecule has 0 amide bonds. The molecule has 0 spiro atoms. The zero-order chi connectivity index (χ0) is 8.36. The second kappa shape index (κ2) is 3.89. The summed E-state index contributed by atoms with van der Waals surface area (Å²) in [7, 11) is 10.4. The topological polar surface area (TPSA) is 0 Å². The summed E-state index contributed by atoms with van der Waals surface area (Å²) in [6.07, 6.45) is 1.88. The maximum Gasteiger partial charge on any atom is 0.00903 e. The minimum atomic E-state index is -1.38. The van der Waals surface area contributed by atoms with Gasteiger partial charge in [-0.05, 0) is 19.1 Å². The summed E-state index contributed by atoms with van der Waals surface area (Å²) in [6.45, 7) is 7.93. The molecule has 0 aromatic rings. The van der Waals surface area contributed by atoms with E-state index < -0.39 is 8.46 Å². The Bertz CT molecular complexity index is 126. The van der Waals surface area contributed by atoms with Gasteiger partial charge in [0, 0.05) is 5.75 Å². The molecule has 0 heterocycles. The molecule has 1 unspecified atom stereocenters. The SMILES string of the molecule is C=C(C)C(C)CS(C)(Cl)Cl. The predicted octanol–water partition coefficient (Wildman–Crippen LogP) is 3.94. The summed E-state index contributed by atoms with van der Waals surface area (Å²) in [6, 6.07) is 0. The Labute approximate surface area is 73.9 Å². The highest BCUT2D eigenvalue weighted by Gasteiger charge is 2.15. The second-order valence-electron chi connectivity index (χ2n) is 2.79. The van der Waals surface area contributed by atoms with Crippen LogP contribution >= 0.6 is 29.8 Å². The highest BCUT2D eigenvalue weighted by Crippen LogP contribution is 2.56. The van der Waals surface area contributed by atoms with Gasteiger partial charge in [0.2, 0.25) is 0 Å². The van der Waals surface area contributed by atoms with E-state index in [4.69, 9.17) is 21.4 Å². The third kappa shape index (κ3) is 5.45. The molecule has 0 radical (unpaired) electrons. The van der Waals surface area contributed by atoms with Crippen molar-refractivity contribution in [3.63, 3.8) is 0 Å². The molecule has 62 valence electrons. The molecular weight excluding hydrogens is 187 g/mol. The first-order valence-corrected chi connectivity index (χ1v) is 7.00. The van der Waals surface area contributed by atoms with Crippen LogP contribution in [0.2, 0.25) is 0 Å². The first-order chi connectivity index (χ1) is 4.33. The maximum atomic E-state index is 5.88. The minimum Gasteiger partial charge on any atom is -0.0998 e. The molecule has 0 aliphatic rings. The summed E-state index contributed by atoms with van der Waals surface area (Å²) in [5.41, 5.74) is 1.15. The van der Waals surface area contributed by atoms with Crippen LogP contribution in [0.1, 0.15) is 13.8 Å². The number of hydrogen-bond donors (Lipinski definition) is 0. The fourth-order valence-corrected chi connectivity index (χ4v) is 2.88. The van der Waals surface area contributed by atoms with Crippen LogP contribution < -0.4 is 0 Å². The summed E-state index contributed by atoms with van der Waals surface area (Å²) in [4.78, 5) is 0. The molecule has 0 nitrogen and oxygen atoms in total. The molecule has 0 aromatic carbocycles. The highest BCUT2D eigenvalue weighted by molar-refractivity contribution is 8.65. The largest absolute Gasteiger partial charge is 0.0998 e. The smallest absolute Gasteiger partial charge is 0.00903 e. The van der Waals surface area contributed by atoms with Gasteiger partial charge in [-0.25, -0.2) is 0 Å². The average molecular weight is 201 g/mol. The van der Waals surface area contributed by atoms with Crippen LogP contribution in [-0.4, -0.2) is 12.0 Å². The van der Waals surface area contributed by atoms with E-state index in [0.29, 0.717) is 5.92 Å². The number of allylic oxidation sites excluding steroid dienone is 1. The summed E-state index contributed by atoms with van der Waals surface area (Å²) in [5, 5.41) is 0. The van der Waals surface area contributed by atoms with Crippen LogP contribution in [-0.2, 0) is 0 Å². The van der Waals surface area contributed by atoms with Gasteiger partial charge in [0.15, 0.2) is 0 Å². The van der Waals surface area contributed by atoms with Crippen molar-refractivity contribution >= 4 is 29.8 Å². The Balaban J connectivity index is 3.80. The van der Waals surface area contributed by atoms with Gasteiger partial charge in [-0.1, -0.05) is 48.9 Å². The Morgan fingerprint density at radius 2 is 2.00 bits per heavy atom. The van der Waals surface area contributed by atoms with Crippen LogP contribution in [0.15, 0.2) is 12.2 Å². The Morgan fingerprint density at radius 1 is 1.60 bits per heavy atom. The van der Waals surface area contributed by atoms with Gasteiger partial charge in [0.1, 0.15) is 0 Å². The van der Waals surface area contributed by atoms with Crippen LogP contribution in [0.4, 0.5) is 0 Å². The van der Waals surface area contributed by atoms with Gasteiger partial charge >= 0.3 is 0 Å². The van der Waals surface area contributed by atoms with Gasteiger partial charge in [-0.3, -0.25) is 0 Å². The third-order valence-corrected chi connectivity index (χ3v) is 3.23. The van der Waals surface area contributed by atoms with Crippen molar-refractivity contribution in [2.75, 3.05) is 12.0 Å². The molecule has 0 fully saturated rings. The van der Waals surface area contributed by atoms with E-state index in [2.05, 4.69) is 13.5 Å². The van der Waals surface area contributed by atoms with Crippen LogP contribution in [0.25, 0.3) is 0 Å². The summed E-state index contributed by atoms with van der Waals surface area (Å²) < 4.78 is 0. The lowest BCUT2D eigenvalue weighted by atomic mass is 10.1. The van der Waals surface area contributed by atoms with Crippen molar-refractivity contribution in [2.45, 2.75) is 13.8 Å². The lowest BCUT2D eigenvalue weighted by molar-refractivity contribution is 0.786. The van der Waals surface area contributed by atoms with E-state index in [1.165, 1.54) is 0 Å². The quantitative estimate of drug-likeness (QED) is 0.606. The zero-order valence-electron chi connectivity index (χ0n) is 6.66. The van der Waals surface area contributed by atoms with Crippen LogP contribution in [0, 0.1) is 5.92 Å². The van der Waals surface area contributed by atoms with Crippen molar-refractivity contribution < 1.29 is 0 Å². The Hall–Kier alpha value is 0.670. The molecule has 1 atom stereocenters. The van der Waals surface area contributed by atoms with Crippen LogP contribution in [0.5, 0.6) is 0 Å². The predicted molar refractivity (Wildman–Crippen MR) is 54.1 cm³/mol. The van der Waals surface area contributed by atoms with E-state index in [0.717, 1.165) is 11.3 Å². The van der Waals surface area contributed by atoms with Gasteiger partial charge in [0.05, 0.1) is 0 Å². The first-order valence-electron chi connectivity index (χ1n) is 3.13. The Morgan fingerprint density at radius 3 is 2.10 bits per heavy atom. The molecule has 0 saturated heterocycles. The maximum absolute atomic E-state index is 5.88. The Kier molecular flexibility index (Phi) is 4.15. The number of hydrogen-bond acceptors (Lipinski definition) is 0. The van der Waals surface area contributed by atoms with Gasteiger partial charge in [-0.2, -0.15) is 0 Å². The molecule has 0 N–H and O–H groups in total. The minimum absolute atomic E-state index is 0.440. The van der Waals surface area contributed by atoms with Gasteiger partial charge in [-0.15, -0.1) is 0 Å². The van der Waals surface area contributed by atoms with Crippen molar-refractivity contribution in [3.8, 4) is 0 Å². The molecule has 3 heteroatoms. The molecule has 0 aliphatic carbocycles. The van der Waals surface area contributed by atoms with Crippen molar-refractivity contribution in [2.24, 2.45) is 5.92 Å². The molecule has 10 heavy (non-hydrogen) atoms. The fourth-order valence-electron chi connectivity index (χ4n) is 0.581. The second-order valence-corrected chi connectivity index (χ2v) is 9.43. The average Bonchev–Trinajstić information content (AvgIpc) is 1.60. The number of halogens is 2. The van der Waals surface area contributed by atoms with E-state index in [1.54, 1.807) is 0 Å². The molecule has 0 aliphatic heterocycles. The molecule has 0 rings (SSSR count). The van der Waals surface area contributed by atoms with E-state index in [9.17, 15) is 0 Å². The lowest BCUT2D eigenvalue weighted by Crippen LogP contribution is -2.03. The van der Waals surface area contributed by atoms with E-state index >= 15 is 0 Å². The summed E-state index contributed by atoms with van der Waals surface area (Å²) >= 11 is 0. The van der Waals surface area contributed by atoms with E-state index in [1.807, 2.05) is 13.2 Å². The molecule has 0 bridgehead atoms. The molecular formula is C7H14Cl2S. The molecule has 0 aromatic heterocycles. The zero-order valence-corrected chi connectivity index (χ0v) is 8.98. The fraction of sp³-hybridized carbons (Fsp3) is 0.714.